The number of likely N-dealkylation sites (N-methyl/N-ethyl adjacent to an activating group) is 1. The Bertz CT molecular complexity index is 745. The van der Waals surface area contributed by atoms with Crippen molar-refractivity contribution in [3.8, 4) is 0 Å². The molecule has 0 unspecified atom stereocenters. The van der Waals surface area contributed by atoms with Crippen LogP contribution < -0.4 is 0 Å². The number of nitrogens with zero attached hydrogens (tertiary/aromatic N) is 2. The molecule has 2 amide bonds. The molecule has 2 fully saturated rings. The van der Waals surface area contributed by atoms with Crippen molar-refractivity contribution < 1.29 is 14.4 Å². The lowest BCUT2D eigenvalue weighted by molar-refractivity contribution is -0.181. The third-order valence-corrected chi connectivity index (χ3v) is 5.85. The van der Waals surface area contributed by atoms with Crippen LogP contribution in [0.25, 0.3) is 0 Å². The first-order valence-corrected chi connectivity index (χ1v) is 9.63. The van der Waals surface area contributed by atoms with E-state index in [1.165, 1.54) is 29.7 Å². The number of amides is 2. The largest absolute Gasteiger partial charge is 0.284 e. The van der Waals surface area contributed by atoms with E-state index >= 15 is 0 Å². The fourth-order valence-electron chi connectivity index (χ4n) is 4.46. The predicted molar refractivity (Wildman–Crippen MR) is 98.1 cm³/mol. The van der Waals surface area contributed by atoms with Gasteiger partial charge in [-0.15, -0.1) is 0 Å². The molecule has 26 heavy (non-hydrogen) atoms. The number of hydrogen-bond donors (Lipinski definition) is 0. The van der Waals surface area contributed by atoms with Crippen molar-refractivity contribution in [1.29, 1.82) is 0 Å². The van der Waals surface area contributed by atoms with Crippen molar-refractivity contribution in [2.45, 2.75) is 50.7 Å². The summed E-state index contributed by atoms with van der Waals surface area (Å²) >= 11 is 0. The van der Waals surface area contributed by atoms with Gasteiger partial charge >= 0.3 is 0 Å². The van der Waals surface area contributed by atoms with Gasteiger partial charge in [-0.25, -0.2) is 0 Å². The number of benzene rings is 1. The topological polar surface area (TPSA) is 49.9 Å². The van der Waals surface area contributed by atoms with E-state index in [1.807, 2.05) is 17.2 Å². The molecule has 5 heteroatoms. The highest BCUT2D eigenvalue weighted by Crippen LogP contribution is 2.49. The van der Waals surface area contributed by atoms with Gasteiger partial charge in [-0.2, -0.15) is 5.06 Å². The molecular formula is C21H26N2O3. The number of allylic oxidation sites excluding steroid dienone is 1. The maximum absolute atomic E-state index is 12.6. The summed E-state index contributed by atoms with van der Waals surface area (Å²) in [5, 5.41) is 1.88. The van der Waals surface area contributed by atoms with Gasteiger partial charge in [0, 0.05) is 19.5 Å². The summed E-state index contributed by atoms with van der Waals surface area (Å²) in [5.41, 5.74) is 2.37. The van der Waals surface area contributed by atoms with E-state index in [2.05, 4.69) is 31.2 Å². The van der Waals surface area contributed by atoms with Gasteiger partial charge in [0.1, 0.15) is 0 Å². The molecule has 1 aromatic carbocycles. The van der Waals surface area contributed by atoms with Gasteiger partial charge in [-0.3, -0.25) is 19.3 Å². The smallest absolute Gasteiger partial charge is 0.261 e. The summed E-state index contributed by atoms with van der Waals surface area (Å²) in [6, 6.07) is 8.11. The molecule has 2 saturated heterocycles. The first kappa shape index (κ1) is 17.4. The second-order valence-corrected chi connectivity index (χ2v) is 7.49. The van der Waals surface area contributed by atoms with E-state index in [9.17, 15) is 9.59 Å². The number of hydroxylamine groups is 2. The molecule has 0 N–H and O–H groups in total. The number of hydrogen-bond acceptors (Lipinski definition) is 4. The van der Waals surface area contributed by atoms with Crippen molar-refractivity contribution in [3.05, 3.63) is 47.5 Å². The van der Waals surface area contributed by atoms with Gasteiger partial charge in [-0.05, 0) is 24.0 Å². The Hall–Kier alpha value is -1.98. The average Bonchev–Trinajstić information content (AvgIpc) is 3.13. The predicted octanol–water partition coefficient (Wildman–Crippen LogP) is 3.19. The monoisotopic (exact) mass is 354 g/mol. The zero-order chi connectivity index (χ0) is 18.3. The summed E-state index contributed by atoms with van der Waals surface area (Å²) in [6.45, 7) is 2.89. The van der Waals surface area contributed by atoms with Gasteiger partial charge in [0.05, 0.1) is 12.0 Å². The molecule has 3 aliphatic rings. The maximum Gasteiger partial charge on any atom is 0.261 e. The molecule has 3 heterocycles. The Labute approximate surface area is 154 Å². The van der Waals surface area contributed by atoms with Crippen LogP contribution >= 0.6 is 0 Å². The number of rotatable bonds is 5. The standard InChI is InChI=1S/C21H26N2O3/c1-3-4-5-6-7-10-14-13-23-18(16-12-9-8-11-15(14)16)17-19(26-23)21(25)22(2)20(17)24/h7-12,14,17-19H,3-6,13H2,1-2H3/b10-7+/t14-,17-,18-,19+/m0/s1. The highest BCUT2D eigenvalue weighted by atomic mass is 16.7. The number of carbonyl (C=O) groups excluding carboxylic acids is 2. The first-order chi connectivity index (χ1) is 12.6. The first-order valence-electron chi connectivity index (χ1n) is 9.63. The minimum Gasteiger partial charge on any atom is -0.284 e. The van der Waals surface area contributed by atoms with E-state index in [4.69, 9.17) is 4.84 Å². The SMILES string of the molecule is CCCCC/C=C/[C@H]1CN2O[C@H]3C(=O)N(C)C(=O)[C@H]3[C@@H]2c2ccccc21. The number of imide groups is 1. The van der Waals surface area contributed by atoms with E-state index in [0.29, 0.717) is 6.54 Å². The summed E-state index contributed by atoms with van der Waals surface area (Å²) in [5.74, 6) is -0.552. The van der Waals surface area contributed by atoms with Gasteiger partial charge < -0.3 is 0 Å². The quantitative estimate of drug-likeness (QED) is 0.463. The van der Waals surface area contributed by atoms with Crippen LogP contribution in [0.2, 0.25) is 0 Å². The van der Waals surface area contributed by atoms with Crippen LogP contribution in [-0.4, -0.2) is 41.5 Å². The molecule has 138 valence electrons. The zero-order valence-corrected chi connectivity index (χ0v) is 15.4. The van der Waals surface area contributed by atoms with Crippen LogP contribution in [0.5, 0.6) is 0 Å². The normalized spacial score (nSPS) is 30.8. The lowest BCUT2D eigenvalue weighted by Crippen LogP contribution is -2.39. The molecule has 5 nitrogen and oxygen atoms in total. The van der Waals surface area contributed by atoms with Gasteiger partial charge in [0.15, 0.2) is 6.10 Å². The van der Waals surface area contributed by atoms with Crippen molar-refractivity contribution >= 4 is 11.8 Å². The molecule has 0 spiro atoms. The second kappa shape index (κ2) is 6.97. The number of carbonyl (C=O) groups is 2. The van der Waals surface area contributed by atoms with Gasteiger partial charge in [-0.1, -0.05) is 56.2 Å². The highest BCUT2D eigenvalue weighted by molar-refractivity contribution is 6.07. The Morgan fingerprint density at radius 3 is 2.69 bits per heavy atom. The van der Waals surface area contributed by atoms with Gasteiger partial charge in [0.2, 0.25) is 5.91 Å². The van der Waals surface area contributed by atoms with E-state index < -0.39 is 12.0 Å². The van der Waals surface area contributed by atoms with Gasteiger partial charge in [0.25, 0.3) is 5.91 Å². The van der Waals surface area contributed by atoms with Crippen LogP contribution in [0.4, 0.5) is 0 Å². The lowest BCUT2D eigenvalue weighted by Gasteiger charge is -2.36. The fraction of sp³-hybridized carbons (Fsp3) is 0.524. The number of fused-ring (bicyclic) bond motifs is 5. The molecule has 0 bridgehead atoms. The molecule has 0 radical (unpaired) electrons. The Balaban J connectivity index is 1.61. The molecule has 1 aromatic rings. The second-order valence-electron chi connectivity index (χ2n) is 7.49. The summed E-state index contributed by atoms with van der Waals surface area (Å²) < 4.78 is 0. The van der Waals surface area contributed by atoms with E-state index in [1.54, 1.807) is 7.05 Å². The van der Waals surface area contributed by atoms with Crippen LogP contribution in [-0.2, 0) is 14.4 Å². The third kappa shape index (κ3) is 2.70. The molecule has 3 aliphatic heterocycles. The Kier molecular flexibility index (Phi) is 4.67. The number of likely N-dealkylation sites (tertiary alicyclic amines) is 1. The summed E-state index contributed by atoms with van der Waals surface area (Å²) in [7, 11) is 1.55. The minimum atomic E-state index is -0.669. The highest BCUT2D eigenvalue weighted by Gasteiger charge is 2.60. The maximum atomic E-state index is 12.6. The van der Waals surface area contributed by atoms with Crippen LogP contribution in [0.3, 0.4) is 0 Å². The Morgan fingerprint density at radius 1 is 1.15 bits per heavy atom. The lowest BCUT2D eigenvalue weighted by atomic mass is 9.80. The van der Waals surface area contributed by atoms with E-state index in [0.717, 1.165) is 12.0 Å². The average molecular weight is 354 g/mol. The van der Waals surface area contributed by atoms with Crippen LogP contribution in [0, 0.1) is 5.92 Å². The van der Waals surface area contributed by atoms with Crippen molar-refractivity contribution in [3.63, 3.8) is 0 Å². The molecule has 4 atom stereocenters. The third-order valence-electron chi connectivity index (χ3n) is 5.85. The van der Waals surface area contributed by atoms with Crippen molar-refractivity contribution in [1.82, 2.24) is 9.96 Å². The van der Waals surface area contributed by atoms with Crippen molar-refractivity contribution in [2.24, 2.45) is 5.92 Å². The summed E-state index contributed by atoms with van der Waals surface area (Å²) in [6.07, 6.45) is 8.63. The van der Waals surface area contributed by atoms with Crippen LogP contribution in [0.1, 0.15) is 55.7 Å². The minimum absolute atomic E-state index is 0.129. The zero-order valence-electron chi connectivity index (χ0n) is 15.4. The van der Waals surface area contributed by atoms with Crippen LogP contribution in [0.15, 0.2) is 36.4 Å². The molecule has 0 aromatic heterocycles. The van der Waals surface area contributed by atoms with E-state index in [-0.39, 0.29) is 23.8 Å². The molecular weight excluding hydrogens is 328 g/mol. The summed E-state index contributed by atoms with van der Waals surface area (Å²) in [4.78, 5) is 32.1. The molecule has 4 rings (SSSR count). The number of unbranched alkanes of at least 4 members (excludes halogenated alkanes) is 3. The molecule has 0 saturated carbocycles. The van der Waals surface area contributed by atoms with Crippen molar-refractivity contribution in [2.75, 3.05) is 13.6 Å². The molecule has 0 aliphatic carbocycles. The fourth-order valence-corrected chi connectivity index (χ4v) is 4.46. The Morgan fingerprint density at radius 2 is 1.92 bits per heavy atom.